The first-order chi connectivity index (χ1) is 8.06. The summed E-state index contributed by atoms with van der Waals surface area (Å²) in [7, 11) is 0. The standard InChI is InChI=1S/C11H12ClN3OS/c1-6(2)16-11-14-9(13-10(12)15-11)8-4-5-17-7(8)3/h4-6H,1-3H3. The Hall–Kier alpha value is -1.20. The Bertz CT molecular complexity index is 527. The van der Waals surface area contributed by atoms with Crippen LogP contribution in [0.2, 0.25) is 5.28 Å². The fourth-order valence-electron chi connectivity index (χ4n) is 1.33. The van der Waals surface area contributed by atoms with Crippen molar-refractivity contribution in [3.05, 3.63) is 21.6 Å². The minimum absolute atomic E-state index is 0.00453. The number of nitrogens with zero attached hydrogens (tertiary/aromatic N) is 3. The van der Waals surface area contributed by atoms with Crippen LogP contribution in [0.3, 0.4) is 0 Å². The summed E-state index contributed by atoms with van der Waals surface area (Å²) >= 11 is 7.50. The molecule has 0 aliphatic carbocycles. The zero-order chi connectivity index (χ0) is 12.4. The van der Waals surface area contributed by atoms with Crippen molar-refractivity contribution in [3.63, 3.8) is 0 Å². The summed E-state index contributed by atoms with van der Waals surface area (Å²) in [5.41, 5.74) is 0.966. The number of aryl methyl sites for hydroxylation is 1. The van der Waals surface area contributed by atoms with Gasteiger partial charge in [-0.1, -0.05) is 0 Å². The van der Waals surface area contributed by atoms with Crippen molar-refractivity contribution < 1.29 is 4.74 Å². The van der Waals surface area contributed by atoms with Crippen molar-refractivity contribution in [1.29, 1.82) is 0 Å². The maximum absolute atomic E-state index is 5.86. The lowest BCUT2D eigenvalue weighted by Crippen LogP contribution is -2.09. The molecule has 2 rings (SSSR count). The van der Waals surface area contributed by atoms with Gasteiger partial charge in [-0.3, -0.25) is 0 Å². The smallest absolute Gasteiger partial charge is 0.321 e. The van der Waals surface area contributed by atoms with Crippen LogP contribution >= 0.6 is 22.9 Å². The molecule has 0 saturated carbocycles. The highest BCUT2D eigenvalue weighted by atomic mass is 35.5. The molecule has 0 N–H and O–H groups in total. The molecular formula is C11H12ClN3OS. The molecule has 4 nitrogen and oxygen atoms in total. The van der Waals surface area contributed by atoms with E-state index in [1.165, 1.54) is 0 Å². The fourth-order valence-corrected chi connectivity index (χ4v) is 2.18. The van der Waals surface area contributed by atoms with Gasteiger partial charge >= 0.3 is 6.01 Å². The summed E-state index contributed by atoms with van der Waals surface area (Å²) in [5.74, 6) is 0.555. The van der Waals surface area contributed by atoms with Crippen molar-refractivity contribution in [3.8, 4) is 17.4 Å². The van der Waals surface area contributed by atoms with Gasteiger partial charge < -0.3 is 4.74 Å². The number of hydrogen-bond donors (Lipinski definition) is 0. The highest BCUT2D eigenvalue weighted by Gasteiger charge is 2.11. The Morgan fingerprint density at radius 2 is 2.06 bits per heavy atom. The monoisotopic (exact) mass is 269 g/mol. The lowest BCUT2D eigenvalue weighted by molar-refractivity contribution is 0.222. The van der Waals surface area contributed by atoms with Crippen LogP contribution in [-0.4, -0.2) is 21.1 Å². The van der Waals surface area contributed by atoms with Crippen LogP contribution in [0, 0.1) is 6.92 Å². The molecule has 90 valence electrons. The Morgan fingerprint density at radius 1 is 1.29 bits per heavy atom. The number of thiophene rings is 1. The number of halogens is 1. The molecule has 0 atom stereocenters. The Labute approximate surface area is 109 Å². The van der Waals surface area contributed by atoms with Gasteiger partial charge in [0.05, 0.1) is 6.10 Å². The van der Waals surface area contributed by atoms with E-state index < -0.39 is 0 Å². The zero-order valence-electron chi connectivity index (χ0n) is 9.77. The molecule has 0 unspecified atom stereocenters. The number of hydrogen-bond acceptors (Lipinski definition) is 5. The van der Waals surface area contributed by atoms with Crippen molar-refractivity contribution in [2.24, 2.45) is 0 Å². The van der Waals surface area contributed by atoms with E-state index in [4.69, 9.17) is 16.3 Å². The minimum atomic E-state index is 0.00453. The van der Waals surface area contributed by atoms with Gasteiger partial charge in [-0.2, -0.15) is 15.0 Å². The topological polar surface area (TPSA) is 47.9 Å². The van der Waals surface area contributed by atoms with Gasteiger partial charge in [-0.25, -0.2) is 0 Å². The highest BCUT2D eigenvalue weighted by Crippen LogP contribution is 2.26. The van der Waals surface area contributed by atoms with Crippen LogP contribution in [0.25, 0.3) is 11.4 Å². The summed E-state index contributed by atoms with van der Waals surface area (Å²) < 4.78 is 5.43. The van der Waals surface area contributed by atoms with Crippen LogP contribution in [0.15, 0.2) is 11.4 Å². The van der Waals surface area contributed by atoms with Crippen molar-refractivity contribution in [1.82, 2.24) is 15.0 Å². The van der Waals surface area contributed by atoms with Crippen LogP contribution in [0.5, 0.6) is 6.01 Å². The average molecular weight is 270 g/mol. The van der Waals surface area contributed by atoms with E-state index >= 15 is 0 Å². The third kappa shape index (κ3) is 2.92. The second-order valence-corrected chi connectivity index (χ2v) is 5.23. The molecule has 6 heteroatoms. The molecule has 0 aromatic carbocycles. The molecular weight excluding hydrogens is 258 g/mol. The largest absolute Gasteiger partial charge is 0.461 e. The molecule has 0 spiro atoms. The first kappa shape index (κ1) is 12.3. The normalized spacial score (nSPS) is 10.9. The van der Waals surface area contributed by atoms with Crippen LogP contribution in [0.4, 0.5) is 0 Å². The highest BCUT2D eigenvalue weighted by molar-refractivity contribution is 7.10. The summed E-state index contributed by atoms with van der Waals surface area (Å²) in [6.07, 6.45) is 0.00453. The number of ether oxygens (including phenoxy) is 1. The van der Waals surface area contributed by atoms with Crippen LogP contribution in [0.1, 0.15) is 18.7 Å². The quantitative estimate of drug-likeness (QED) is 0.857. The molecule has 2 aromatic rings. The second kappa shape index (κ2) is 4.98. The van der Waals surface area contributed by atoms with E-state index in [1.807, 2.05) is 32.2 Å². The van der Waals surface area contributed by atoms with Gasteiger partial charge in [-0.15, -0.1) is 11.3 Å². The first-order valence-corrected chi connectivity index (χ1v) is 6.44. The first-order valence-electron chi connectivity index (χ1n) is 5.19. The molecule has 0 radical (unpaired) electrons. The van der Waals surface area contributed by atoms with Gasteiger partial charge in [-0.05, 0) is 43.8 Å². The lowest BCUT2D eigenvalue weighted by Gasteiger charge is -2.08. The zero-order valence-corrected chi connectivity index (χ0v) is 11.3. The summed E-state index contributed by atoms with van der Waals surface area (Å²) in [5, 5.41) is 2.14. The SMILES string of the molecule is Cc1sccc1-c1nc(Cl)nc(OC(C)C)n1. The predicted molar refractivity (Wildman–Crippen MR) is 68.7 cm³/mol. The predicted octanol–water partition coefficient (Wildman–Crippen LogP) is 3.35. The molecule has 0 saturated heterocycles. The summed E-state index contributed by atoms with van der Waals surface area (Å²) in [6, 6.07) is 2.23. The van der Waals surface area contributed by atoms with E-state index in [-0.39, 0.29) is 17.4 Å². The molecule has 2 heterocycles. The van der Waals surface area contributed by atoms with E-state index in [1.54, 1.807) is 11.3 Å². The van der Waals surface area contributed by atoms with Gasteiger partial charge in [0, 0.05) is 10.4 Å². The van der Waals surface area contributed by atoms with Crippen LogP contribution < -0.4 is 4.74 Å². The average Bonchev–Trinajstić information content (AvgIpc) is 2.62. The number of rotatable bonds is 3. The minimum Gasteiger partial charge on any atom is -0.461 e. The molecule has 17 heavy (non-hydrogen) atoms. The lowest BCUT2D eigenvalue weighted by atomic mass is 10.2. The van der Waals surface area contributed by atoms with E-state index in [2.05, 4.69) is 15.0 Å². The van der Waals surface area contributed by atoms with E-state index in [9.17, 15) is 0 Å². The molecule has 0 aliphatic heterocycles. The van der Waals surface area contributed by atoms with Crippen molar-refractivity contribution in [2.45, 2.75) is 26.9 Å². The van der Waals surface area contributed by atoms with Gasteiger partial charge in [0.25, 0.3) is 0 Å². The summed E-state index contributed by atoms with van der Waals surface area (Å²) in [6.45, 7) is 5.83. The molecule has 0 fully saturated rings. The van der Waals surface area contributed by atoms with Crippen LogP contribution in [-0.2, 0) is 0 Å². The third-order valence-corrected chi connectivity index (χ3v) is 3.04. The van der Waals surface area contributed by atoms with Gasteiger partial charge in [0.15, 0.2) is 5.82 Å². The van der Waals surface area contributed by atoms with Gasteiger partial charge in [0.2, 0.25) is 5.28 Å². The Balaban J connectivity index is 2.42. The van der Waals surface area contributed by atoms with Crippen molar-refractivity contribution >= 4 is 22.9 Å². The molecule has 0 amide bonds. The van der Waals surface area contributed by atoms with E-state index in [0.29, 0.717) is 5.82 Å². The molecule has 0 aliphatic rings. The van der Waals surface area contributed by atoms with Crippen molar-refractivity contribution in [2.75, 3.05) is 0 Å². The summed E-state index contributed by atoms with van der Waals surface area (Å²) in [4.78, 5) is 13.4. The van der Waals surface area contributed by atoms with Gasteiger partial charge in [0.1, 0.15) is 0 Å². The second-order valence-electron chi connectivity index (χ2n) is 3.77. The third-order valence-electron chi connectivity index (χ3n) is 2.03. The molecule has 0 bridgehead atoms. The Kier molecular flexibility index (Phi) is 3.59. The maximum Gasteiger partial charge on any atom is 0.321 e. The maximum atomic E-state index is 5.86. The fraction of sp³-hybridized carbons (Fsp3) is 0.364. The molecule has 2 aromatic heterocycles. The number of aromatic nitrogens is 3. The Morgan fingerprint density at radius 3 is 2.65 bits per heavy atom. The van der Waals surface area contributed by atoms with E-state index in [0.717, 1.165) is 10.4 Å².